The maximum absolute atomic E-state index is 12.4. The summed E-state index contributed by atoms with van der Waals surface area (Å²) in [6.45, 7) is 0.408. The highest BCUT2D eigenvalue weighted by molar-refractivity contribution is 5.67. The highest BCUT2D eigenvalue weighted by Gasteiger charge is 2.54. The van der Waals surface area contributed by atoms with Gasteiger partial charge in [-0.1, -0.05) is 30.3 Å². The van der Waals surface area contributed by atoms with Gasteiger partial charge in [0, 0.05) is 12.6 Å². The fraction of sp³-hybridized carbons (Fsp3) is 0.667. The van der Waals surface area contributed by atoms with E-state index >= 15 is 0 Å². The summed E-state index contributed by atoms with van der Waals surface area (Å²) in [7, 11) is 0. The van der Waals surface area contributed by atoms with E-state index in [1.54, 1.807) is 0 Å². The van der Waals surface area contributed by atoms with E-state index in [0.717, 1.165) is 23.3 Å². The third kappa shape index (κ3) is 3.55. The number of nitrogens with one attached hydrogen (secondary N) is 1. The summed E-state index contributed by atoms with van der Waals surface area (Å²) in [5, 5.41) is 12.7. The number of ether oxygens (including phenoxy) is 1. The van der Waals surface area contributed by atoms with Gasteiger partial charge in [-0.25, -0.2) is 4.79 Å². The number of alkyl carbamates (subject to hydrolysis) is 1. The highest BCUT2D eigenvalue weighted by atomic mass is 16.5. The Kier molecular flexibility index (Phi) is 4.72. The van der Waals surface area contributed by atoms with Crippen LogP contribution in [-0.2, 0) is 11.3 Å². The molecule has 0 heterocycles. The fourth-order valence-electron chi connectivity index (χ4n) is 6.17. The van der Waals surface area contributed by atoms with Gasteiger partial charge in [-0.3, -0.25) is 0 Å². The van der Waals surface area contributed by atoms with Crippen LogP contribution in [0.5, 0.6) is 0 Å². The molecule has 4 heteroatoms. The predicted molar refractivity (Wildman–Crippen MR) is 95.9 cm³/mol. The Bertz CT molecular complexity index is 565. The van der Waals surface area contributed by atoms with Crippen molar-refractivity contribution in [1.82, 2.24) is 5.32 Å². The van der Waals surface area contributed by atoms with Gasteiger partial charge in [0.15, 0.2) is 0 Å². The fourth-order valence-corrected chi connectivity index (χ4v) is 6.17. The number of hydrogen-bond donors (Lipinski definition) is 2. The quantitative estimate of drug-likeness (QED) is 0.824. The van der Waals surface area contributed by atoms with Crippen LogP contribution in [0.3, 0.4) is 0 Å². The van der Waals surface area contributed by atoms with E-state index in [4.69, 9.17) is 4.74 Å². The normalized spacial score (nSPS) is 33.9. The lowest BCUT2D eigenvalue weighted by Gasteiger charge is -2.59. The van der Waals surface area contributed by atoms with Crippen LogP contribution in [0.2, 0.25) is 0 Å². The van der Waals surface area contributed by atoms with Crippen LogP contribution in [0.1, 0.15) is 50.5 Å². The van der Waals surface area contributed by atoms with Gasteiger partial charge in [0.2, 0.25) is 0 Å². The van der Waals surface area contributed by atoms with Crippen LogP contribution >= 0.6 is 0 Å². The van der Waals surface area contributed by atoms with Gasteiger partial charge in [-0.05, 0) is 73.7 Å². The molecule has 1 unspecified atom stereocenters. The van der Waals surface area contributed by atoms with Crippen molar-refractivity contribution in [1.29, 1.82) is 0 Å². The number of carbonyl (C=O) groups is 1. The number of rotatable bonds is 6. The van der Waals surface area contributed by atoms with E-state index in [-0.39, 0.29) is 24.2 Å². The minimum absolute atomic E-state index is 0.0363. The van der Waals surface area contributed by atoms with Gasteiger partial charge in [0.1, 0.15) is 6.61 Å². The number of aliphatic hydroxyl groups excluding tert-OH is 1. The van der Waals surface area contributed by atoms with Crippen LogP contribution in [0, 0.1) is 23.2 Å². The average Bonchev–Trinajstić information content (AvgIpc) is 2.59. The van der Waals surface area contributed by atoms with Crippen LogP contribution < -0.4 is 5.32 Å². The zero-order chi connectivity index (χ0) is 17.3. The van der Waals surface area contributed by atoms with Gasteiger partial charge in [-0.15, -0.1) is 0 Å². The van der Waals surface area contributed by atoms with Gasteiger partial charge >= 0.3 is 6.09 Å². The molecular weight excluding hydrogens is 314 g/mol. The molecule has 2 N–H and O–H groups in total. The van der Waals surface area contributed by atoms with Crippen LogP contribution in [0.25, 0.3) is 0 Å². The van der Waals surface area contributed by atoms with E-state index in [1.165, 1.54) is 38.5 Å². The first-order valence-corrected chi connectivity index (χ1v) is 9.75. The highest BCUT2D eigenvalue weighted by Crippen LogP contribution is 2.61. The summed E-state index contributed by atoms with van der Waals surface area (Å²) in [5.74, 6) is 2.48. The second-order valence-corrected chi connectivity index (χ2v) is 8.55. The maximum atomic E-state index is 12.4. The maximum Gasteiger partial charge on any atom is 0.407 e. The molecule has 1 aromatic rings. The van der Waals surface area contributed by atoms with Crippen molar-refractivity contribution in [2.45, 2.75) is 57.6 Å². The lowest BCUT2D eigenvalue weighted by Crippen LogP contribution is -2.57. The lowest BCUT2D eigenvalue weighted by molar-refractivity contribution is -0.0764. The Morgan fingerprint density at radius 1 is 1.12 bits per heavy atom. The van der Waals surface area contributed by atoms with E-state index in [9.17, 15) is 9.90 Å². The summed E-state index contributed by atoms with van der Waals surface area (Å²) < 4.78 is 5.44. The molecular formula is C21H29NO3. The Labute approximate surface area is 150 Å². The topological polar surface area (TPSA) is 58.6 Å². The monoisotopic (exact) mass is 343 g/mol. The second-order valence-electron chi connectivity index (χ2n) is 8.55. The summed E-state index contributed by atoms with van der Waals surface area (Å²) >= 11 is 0. The van der Waals surface area contributed by atoms with Crippen molar-refractivity contribution >= 4 is 6.09 Å². The van der Waals surface area contributed by atoms with Crippen molar-refractivity contribution < 1.29 is 14.6 Å². The summed E-state index contributed by atoms with van der Waals surface area (Å²) in [4.78, 5) is 12.4. The Balaban J connectivity index is 1.40. The average molecular weight is 343 g/mol. The Hall–Kier alpha value is -1.55. The van der Waals surface area contributed by atoms with Gasteiger partial charge in [-0.2, -0.15) is 0 Å². The first-order chi connectivity index (χ1) is 12.2. The third-order valence-electron chi connectivity index (χ3n) is 6.75. The van der Waals surface area contributed by atoms with E-state index < -0.39 is 0 Å². The molecule has 0 saturated heterocycles. The molecule has 0 aliphatic heterocycles. The Morgan fingerprint density at radius 2 is 1.72 bits per heavy atom. The van der Waals surface area contributed by atoms with Crippen molar-refractivity contribution in [3.63, 3.8) is 0 Å². The molecule has 0 spiro atoms. The van der Waals surface area contributed by atoms with Crippen LogP contribution in [-0.4, -0.2) is 23.8 Å². The second kappa shape index (κ2) is 6.99. The molecule has 136 valence electrons. The molecule has 4 saturated carbocycles. The molecule has 4 aliphatic carbocycles. The molecule has 4 fully saturated rings. The number of carbonyl (C=O) groups excluding carboxylic acids is 1. The van der Waals surface area contributed by atoms with E-state index in [1.807, 2.05) is 30.3 Å². The molecule has 0 aromatic heterocycles. The third-order valence-corrected chi connectivity index (χ3v) is 6.75. The number of benzene rings is 1. The minimum Gasteiger partial charge on any atom is -0.445 e. The Morgan fingerprint density at radius 3 is 2.28 bits per heavy atom. The van der Waals surface area contributed by atoms with E-state index in [2.05, 4.69) is 5.32 Å². The number of amides is 1. The minimum atomic E-state index is -0.349. The SMILES string of the molecule is O=C(NC(CCO)C12CC3CC(CC(C3)C1)C2)OCc1ccccc1. The zero-order valence-corrected chi connectivity index (χ0v) is 14.8. The van der Waals surface area contributed by atoms with E-state index in [0.29, 0.717) is 13.0 Å². The smallest absolute Gasteiger partial charge is 0.407 e. The zero-order valence-electron chi connectivity index (χ0n) is 14.8. The molecule has 4 nitrogen and oxygen atoms in total. The molecule has 1 aromatic carbocycles. The molecule has 1 amide bonds. The van der Waals surface area contributed by atoms with Crippen molar-refractivity contribution in [2.75, 3.05) is 6.61 Å². The predicted octanol–water partition coefficient (Wildman–Crippen LogP) is 3.88. The van der Waals surface area contributed by atoms with Crippen LogP contribution in [0.4, 0.5) is 4.79 Å². The molecule has 4 bridgehead atoms. The standard InChI is InChI=1S/C21H29NO3/c23-7-6-19(22-20(24)25-14-15-4-2-1-3-5-15)21-11-16-8-17(12-21)10-18(9-16)13-21/h1-5,16-19,23H,6-14H2,(H,22,24). The van der Waals surface area contributed by atoms with Gasteiger partial charge in [0.25, 0.3) is 0 Å². The van der Waals surface area contributed by atoms with Crippen LogP contribution in [0.15, 0.2) is 30.3 Å². The van der Waals surface area contributed by atoms with Crippen molar-refractivity contribution in [2.24, 2.45) is 23.2 Å². The van der Waals surface area contributed by atoms with Gasteiger partial charge < -0.3 is 15.2 Å². The lowest BCUT2D eigenvalue weighted by atomic mass is 9.47. The molecule has 0 radical (unpaired) electrons. The van der Waals surface area contributed by atoms with Gasteiger partial charge in [0.05, 0.1) is 0 Å². The summed E-state index contributed by atoms with van der Waals surface area (Å²) in [6.07, 6.45) is 8.05. The van der Waals surface area contributed by atoms with Crippen molar-refractivity contribution in [3.05, 3.63) is 35.9 Å². The molecule has 1 atom stereocenters. The first kappa shape index (κ1) is 16.9. The summed E-state index contributed by atoms with van der Waals surface area (Å²) in [5.41, 5.74) is 1.18. The summed E-state index contributed by atoms with van der Waals surface area (Å²) in [6, 6.07) is 9.79. The molecule has 25 heavy (non-hydrogen) atoms. The van der Waals surface area contributed by atoms with Crippen molar-refractivity contribution in [3.8, 4) is 0 Å². The molecule has 5 rings (SSSR count). The largest absolute Gasteiger partial charge is 0.445 e. The number of aliphatic hydroxyl groups is 1. The first-order valence-electron chi connectivity index (χ1n) is 9.75. The number of hydrogen-bond acceptors (Lipinski definition) is 3. The molecule has 4 aliphatic rings.